The predicted octanol–water partition coefficient (Wildman–Crippen LogP) is 4.14. The zero-order valence-electron chi connectivity index (χ0n) is 17.6. The van der Waals surface area contributed by atoms with E-state index in [-0.39, 0.29) is 24.0 Å². The van der Waals surface area contributed by atoms with Gasteiger partial charge < -0.3 is 24.5 Å². The minimum Gasteiger partial charge on any atom is -0.473 e. The van der Waals surface area contributed by atoms with Gasteiger partial charge in [0.2, 0.25) is 5.88 Å². The highest BCUT2D eigenvalue weighted by Crippen LogP contribution is 2.15. The number of aliphatic imine (C=N–C) groups is 1. The minimum atomic E-state index is 0. The second kappa shape index (κ2) is 14.4. The summed E-state index contributed by atoms with van der Waals surface area (Å²) in [5.74, 6) is 2.18. The van der Waals surface area contributed by atoms with Gasteiger partial charge in [-0.15, -0.1) is 24.0 Å². The van der Waals surface area contributed by atoms with Gasteiger partial charge in [0.15, 0.2) is 5.96 Å². The Morgan fingerprint density at radius 1 is 1.03 bits per heavy atom. The van der Waals surface area contributed by atoms with E-state index in [9.17, 15) is 0 Å². The third-order valence-electron chi connectivity index (χ3n) is 4.32. The van der Waals surface area contributed by atoms with E-state index >= 15 is 0 Å². The lowest BCUT2D eigenvalue weighted by Crippen LogP contribution is -2.37. The van der Waals surface area contributed by atoms with Gasteiger partial charge in [0.1, 0.15) is 19.0 Å². The Balaban J connectivity index is 0.00000341. The zero-order chi connectivity index (χ0) is 20.9. The molecule has 2 heterocycles. The first-order valence-corrected chi connectivity index (χ1v) is 10.0. The van der Waals surface area contributed by atoms with Crippen LogP contribution in [0.3, 0.4) is 0 Å². The molecule has 0 radical (unpaired) electrons. The Morgan fingerprint density at radius 3 is 2.68 bits per heavy atom. The zero-order valence-corrected chi connectivity index (χ0v) is 20.0. The van der Waals surface area contributed by atoms with Crippen LogP contribution in [0.15, 0.2) is 76.5 Å². The quantitative estimate of drug-likeness (QED) is 0.166. The monoisotopic (exact) mass is 536 g/mol. The second-order valence-electron chi connectivity index (χ2n) is 6.58. The molecule has 3 rings (SSSR count). The molecular formula is C23H29IN4O3. The van der Waals surface area contributed by atoms with Gasteiger partial charge in [-0.2, -0.15) is 0 Å². The van der Waals surface area contributed by atoms with Crippen molar-refractivity contribution in [2.24, 2.45) is 4.99 Å². The van der Waals surface area contributed by atoms with Crippen LogP contribution in [0.5, 0.6) is 5.88 Å². The number of rotatable bonds is 11. The lowest BCUT2D eigenvalue weighted by atomic mass is 10.2. The van der Waals surface area contributed by atoms with Crippen molar-refractivity contribution in [1.82, 2.24) is 15.6 Å². The Morgan fingerprint density at radius 2 is 1.90 bits per heavy atom. The predicted molar refractivity (Wildman–Crippen MR) is 132 cm³/mol. The fraction of sp³-hybridized carbons (Fsp3) is 0.304. The highest BCUT2D eigenvalue weighted by atomic mass is 127. The maximum atomic E-state index is 5.91. The van der Waals surface area contributed by atoms with E-state index in [0.717, 1.165) is 35.8 Å². The molecule has 0 saturated carbocycles. The first-order chi connectivity index (χ1) is 14.8. The van der Waals surface area contributed by atoms with Gasteiger partial charge in [-0.3, -0.25) is 4.99 Å². The SMILES string of the molecule is CN=C(NCCCOCc1ccco1)NCc1cccnc1OCc1ccccc1.I. The topological polar surface area (TPSA) is 80.9 Å². The van der Waals surface area contributed by atoms with E-state index in [1.807, 2.05) is 54.6 Å². The van der Waals surface area contributed by atoms with Crippen molar-refractivity contribution in [1.29, 1.82) is 0 Å². The van der Waals surface area contributed by atoms with Crippen LogP contribution < -0.4 is 15.4 Å². The summed E-state index contributed by atoms with van der Waals surface area (Å²) >= 11 is 0. The molecule has 0 fully saturated rings. The van der Waals surface area contributed by atoms with Gasteiger partial charge in [0.25, 0.3) is 0 Å². The van der Waals surface area contributed by atoms with E-state index in [0.29, 0.717) is 32.2 Å². The molecule has 166 valence electrons. The highest BCUT2D eigenvalue weighted by Gasteiger charge is 2.06. The van der Waals surface area contributed by atoms with Crippen LogP contribution >= 0.6 is 24.0 Å². The molecule has 0 aliphatic rings. The molecule has 2 aromatic heterocycles. The molecule has 8 heteroatoms. The number of benzene rings is 1. The second-order valence-corrected chi connectivity index (χ2v) is 6.58. The van der Waals surface area contributed by atoms with Gasteiger partial charge in [-0.25, -0.2) is 4.98 Å². The maximum Gasteiger partial charge on any atom is 0.218 e. The van der Waals surface area contributed by atoms with Gasteiger partial charge in [0, 0.05) is 38.5 Å². The van der Waals surface area contributed by atoms with Gasteiger partial charge in [0.05, 0.1) is 6.26 Å². The van der Waals surface area contributed by atoms with Crippen LogP contribution in [0, 0.1) is 0 Å². The van der Waals surface area contributed by atoms with Crippen molar-refractivity contribution in [2.75, 3.05) is 20.2 Å². The molecule has 0 saturated heterocycles. The molecule has 7 nitrogen and oxygen atoms in total. The first kappa shape index (κ1) is 24.7. The summed E-state index contributed by atoms with van der Waals surface area (Å²) in [5.41, 5.74) is 2.08. The van der Waals surface area contributed by atoms with E-state index in [2.05, 4.69) is 20.6 Å². The Hall–Kier alpha value is -2.59. The normalized spacial score (nSPS) is 10.9. The molecule has 3 aromatic rings. The number of nitrogens with one attached hydrogen (secondary N) is 2. The lowest BCUT2D eigenvalue weighted by Gasteiger charge is -2.14. The van der Waals surface area contributed by atoms with Gasteiger partial charge >= 0.3 is 0 Å². The standard InChI is InChI=1S/C23H28N4O3.HI/c1-24-23(26-13-7-14-28-18-21-11-6-15-29-21)27-16-20-10-5-12-25-22(20)30-17-19-8-3-2-4-9-19;/h2-6,8-12,15H,7,13-14,16-18H2,1H3,(H2,24,26,27);1H. The molecule has 0 bridgehead atoms. The Kier molecular flexibility index (Phi) is 11.5. The average molecular weight is 536 g/mol. The van der Waals surface area contributed by atoms with E-state index in [1.165, 1.54) is 0 Å². The van der Waals surface area contributed by atoms with E-state index in [4.69, 9.17) is 13.9 Å². The summed E-state index contributed by atoms with van der Waals surface area (Å²) in [7, 11) is 1.75. The largest absolute Gasteiger partial charge is 0.473 e. The van der Waals surface area contributed by atoms with Crippen molar-refractivity contribution < 1.29 is 13.9 Å². The Labute approximate surface area is 200 Å². The molecule has 0 atom stereocenters. The summed E-state index contributed by atoms with van der Waals surface area (Å²) in [5, 5.41) is 6.59. The number of hydrogen-bond acceptors (Lipinski definition) is 5. The third kappa shape index (κ3) is 8.97. The first-order valence-electron chi connectivity index (χ1n) is 10.0. The smallest absolute Gasteiger partial charge is 0.218 e. The number of guanidine groups is 1. The van der Waals surface area contributed by atoms with Crippen LogP contribution in [0.1, 0.15) is 23.3 Å². The number of ether oxygens (including phenoxy) is 2. The van der Waals surface area contributed by atoms with Gasteiger partial charge in [-0.1, -0.05) is 36.4 Å². The molecule has 0 spiro atoms. The molecule has 0 unspecified atom stereocenters. The van der Waals surface area contributed by atoms with Crippen LogP contribution in [-0.4, -0.2) is 31.1 Å². The van der Waals surface area contributed by atoms with E-state index < -0.39 is 0 Å². The van der Waals surface area contributed by atoms with Crippen molar-refractivity contribution >= 4 is 29.9 Å². The van der Waals surface area contributed by atoms with Crippen molar-refractivity contribution in [3.63, 3.8) is 0 Å². The fourth-order valence-electron chi connectivity index (χ4n) is 2.76. The number of furan rings is 1. The van der Waals surface area contributed by atoms with Crippen molar-refractivity contribution in [3.8, 4) is 5.88 Å². The average Bonchev–Trinajstić information content (AvgIpc) is 3.31. The Bertz CT molecular complexity index is 889. The molecule has 0 amide bonds. The lowest BCUT2D eigenvalue weighted by molar-refractivity contribution is 0.105. The summed E-state index contributed by atoms with van der Waals surface area (Å²) in [6.07, 6.45) is 4.25. The van der Waals surface area contributed by atoms with Crippen molar-refractivity contribution in [3.05, 3.63) is 83.9 Å². The number of pyridine rings is 1. The highest BCUT2D eigenvalue weighted by molar-refractivity contribution is 14.0. The fourth-order valence-corrected chi connectivity index (χ4v) is 2.76. The summed E-state index contributed by atoms with van der Waals surface area (Å²) in [4.78, 5) is 8.63. The van der Waals surface area contributed by atoms with Crippen molar-refractivity contribution in [2.45, 2.75) is 26.2 Å². The molecule has 1 aromatic carbocycles. The maximum absolute atomic E-state index is 5.91. The third-order valence-corrected chi connectivity index (χ3v) is 4.32. The molecule has 0 aliphatic heterocycles. The van der Waals surface area contributed by atoms with Crippen LogP contribution in [0.25, 0.3) is 0 Å². The van der Waals surface area contributed by atoms with Crippen LogP contribution in [-0.2, 0) is 24.5 Å². The summed E-state index contributed by atoms with van der Waals surface area (Å²) < 4.78 is 16.7. The van der Waals surface area contributed by atoms with Crippen LogP contribution in [0.2, 0.25) is 0 Å². The molecule has 31 heavy (non-hydrogen) atoms. The molecule has 0 aliphatic carbocycles. The number of aromatic nitrogens is 1. The molecule has 2 N–H and O–H groups in total. The minimum absolute atomic E-state index is 0. The van der Waals surface area contributed by atoms with E-state index in [1.54, 1.807) is 19.5 Å². The number of nitrogens with zero attached hydrogens (tertiary/aromatic N) is 2. The summed E-state index contributed by atoms with van der Waals surface area (Å²) in [6, 6.07) is 17.7. The summed E-state index contributed by atoms with van der Waals surface area (Å²) in [6.45, 7) is 2.93. The van der Waals surface area contributed by atoms with Gasteiger partial charge in [-0.05, 0) is 30.2 Å². The number of hydrogen-bond donors (Lipinski definition) is 2. The number of halogens is 1. The van der Waals surface area contributed by atoms with Crippen LogP contribution in [0.4, 0.5) is 0 Å². The molecular weight excluding hydrogens is 507 g/mol.